The van der Waals surface area contributed by atoms with Gasteiger partial charge in [-0.05, 0) is 26.1 Å². The topological polar surface area (TPSA) is 34.0 Å². The van der Waals surface area contributed by atoms with E-state index in [2.05, 4.69) is 33.4 Å². The minimum Gasteiger partial charge on any atom is -0.332 e. The zero-order chi connectivity index (χ0) is 12.7. The lowest BCUT2D eigenvalue weighted by molar-refractivity contribution is 0.206. The van der Waals surface area contributed by atoms with Crippen molar-refractivity contribution in [1.29, 1.82) is 0 Å². The number of rotatable bonds is 1. The molecule has 3 heterocycles. The van der Waals surface area contributed by atoms with Crippen LogP contribution in [0.2, 0.25) is 0 Å². The zero-order valence-corrected chi connectivity index (χ0v) is 10.5. The van der Waals surface area contributed by atoms with Crippen LogP contribution in [0.15, 0.2) is 24.5 Å². The molecule has 0 aromatic carbocycles. The maximum Gasteiger partial charge on any atom is 0.222 e. The Morgan fingerprint density at radius 2 is 2.22 bits per heavy atom. The third-order valence-electron chi connectivity index (χ3n) is 3.57. The Morgan fingerprint density at radius 3 is 3.00 bits per heavy atom. The van der Waals surface area contributed by atoms with Gasteiger partial charge in [0.15, 0.2) is 0 Å². The smallest absolute Gasteiger partial charge is 0.222 e. The summed E-state index contributed by atoms with van der Waals surface area (Å²) in [6.07, 6.45) is 3.37. The van der Waals surface area contributed by atoms with E-state index in [9.17, 15) is 4.39 Å². The predicted octanol–water partition coefficient (Wildman–Crippen LogP) is 2.09. The second kappa shape index (κ2) is 4.17. The van der Waals surface area contributed by atoms with Crippen LogP contribution < -0.4 is 0 Å². The fraction of sp³-hybridized carbons (Fsp3) is 0.385. The van der Waals surface area contributed by atoms with Gasteiger partial charge in [-0.15, -0.1) is 0 Å². The molecule has 0 N–H and O–H groups in total. The quantitative estimate of drug-likeness (QED) is 0.722. The highest BCUT2D eigenvalue weighted by Gasteiger charge is 2.24. The number of halogens is 1. The molecule has 4 nitrogen and oxygen atoms in total. The fourth-order valence-corrected chi connectivity index (χ4v) is 2.31. The molecule has 0 fully saturated rings. The Labute approximate surface area is 105 Å². The molecule has 0 bridgehead atoms. The van der Waals surface area contributed by atoms with Gasteiger partial charge in [0.2, 0.25) is 5.95 Å². The number of hydrogen-bond acceptors (Lipinski definition) is 3. The summed E-state index contributed by atoms with van der Waals surface area (Å²) in [5.41, 5.74) is 1.13. The molecular weight excluding hydrogens is 231 g/mol. The first-order valence-electron chi connectivity index (χ1n) is 6.05. The second-order valence-corrected chi connectivity index (χ2v) is 4.68. The molecule has 0 saturated carbocycles. The van der Waals surface area contributed by atoms with Gasteiger partial charge >= 0.3 is 0 Å². The van der Waals surface area contributed by atoms with E-state index in [0.29, 0.717) is 11.3 Å². The number of imidazole rings is 1. The molecule has 1 atom stereocenters. The molecule has 2 aromatic heterocycles. The lowest BCUT2D eigenvalue weighted by atomic mass is 10.2. The summed E-state index contributed by atoms with van der Waals surface area (Å²) in [6.45, 7) is 3.99. The number of likely N-dealkylation sites (N-methyl/N-ethyl adjacent to an activating group) is 1. The van der Waals surface area contributed by atoms with E-state index in [1.165, 1.54) is 6.20 Å². The van der Waals surface area contributed by atoms with Crippen molar-refractivity contribution in [3.8, 4) is 11.3 Å². The molecule has 1 aliphatic heterocycles. The summed E-state index contributed by atoms with van der Waals surface area (Å²) in [7, 11) is 2.08. The van der Waals surface area contributed by atoms with E-state index >= 15 is 0 Å². The van der Waals surface area contributed by atoms with Crippen LogP contribution in [0.4, 0.5) is 4.39 Å². The van der Waals surface area contributed by atoms with Gasteiger partial charge in [-0.25, -0.2) is 9.97 Å². The molecule has 3 rings (SSSR count). The molecule has 0 radical (unpaired) electrons. The van der Waals surface area contributed by atoms with Crippen LogP contribution in [0.3, 0.4) is 0 Å². The molecule has 94 valence electrons. The molecule has 0 spiro atoms. The lowest BCUT2D eigenvalue weighted by Gasteiger charge is -2.30. The average molecular weight is 246 g/mol. The molecule has 1 unspecified atom stereocenters. The number of nitrogens with zero attached hydrogens (tertiary/aromatic N) is 4. The fourth-order valence-electron chi connectivity index (χ4n) is 2.31. The zero-order valence-electron chi connectivity index (χ0n) is 10.5. The van der Waals surface area contributed by atoms with Crippen molar-refractivity contribution in [1.82, 2.24) is 19.4 Å². The van der Waals surface area contributed by atoms with Gasteiger partial charge in [-0.1, -0.05) is 0 Å². The van der Waals surface area contributed by atoms with Gasteiger partial charge in [0.25, 0.3) is 0 Å². The standard InChI is InChI=1S/C13H15FN4/c1-9-13-16-11(8-18(13)7-6-17(9)2)10-4-3-5-15-12(10)14/h3-5,8-9H,6-7H2,1-2H3. The Morgan fingerprint density at radius 1 is 1.39 bits per heavy atom. The first-order chi connectivity index (χ1) is 8.66. The van der Waals surface area contributed by atoms with E-state index in [-0.39, 0.29) is 6.04 Å². The van der Waals surface area contributed by atoms with Gasteiger partial charge in [-0.2, -0.15) is 4.39 Å². The van der Waals surface area contributed by atoms with Crippen molar-refractivity contribution in [2.45, 2.75) is 19.5 Å². The predicted molar refractivity (Wildman–Crippen MR) is 66.5 cm³/mol. The number of pyridine rings is 1. The number of aromatic nitrogens is 3. The van der Waals surface area contributed by atoms with Crippen LogP contribution in [-0.4, -0.2) is 33.0 Å². The van der Waals surface area contributed by atoms with Crippen molar-refractivity contribution in [3.63, 3.8) is 0 Å². The monoisotopic (exact) mass is 246 g/mol. The van der Waals surface area contributed by atoms with E-state index in [1.54, 1.807) is 12.1 Å². The molecule has 0 saturated heterocycles. The number of fused-ring (bicyclic) bond motifs is 1. The summed E-state index contributed by atoms with van der Waals surface area (Å²) in [6, 6.07) is 3.70. The van der Waals surface area contributed by atoms with Crippen molar-refractivity contribution >= 4 is 0 Å². The first kappa shape index (κ1) is 11.3. The molecule has 0 aliphatic carbocycles. The summed E-state index contributed by atoms with van der Waals surface area (Å²) in [5, 5.41) is 0. The Bertz CT molecular complexity index is 578. The third kappa shape index (κ3) is 1.71. The first-order valence-corrected chi connectivity index (χ1v) is 6.05. The van der Waals surface area contributed by atoms with E-state index in [0.717, 1.165) is 18.9 Å². The van der Waals surface area contributed by atoms with Gasteiger partial charge in [0.1, 0.15) is 5.82 Å². The Kier molecular flexibility index (Phi) is 2.63. The lowest BCUT2D eigenvalue weighted by Crippen LogP contribution is -2.33. The summed E-state index contributed by atoms with van der Waals surface area (Å²) in [5.74, 6) is 0.524. The molecule has 1 aliphatic rings. The van der Waals surface area contributed by atoms with Gasteiger partial charge in [0.05, 0.1) is 17.3 Å². The van der Waals surface area contributed by atoms with E-state index in [4.69, 9.17) is 0 Å². The summed E-state index contributed by atoms with van der Waals surface area (Å²) < 4.78 is 15.7. The molecule has 5 heteroatoms. The van der Waals surface area contributed by atoms with E-state index in [1.807, 2.05) is 6.20 Å². The van der Waals surface area contributed by atoms with Crippen molar-refractivity contribution < 1.29 is 4.39 Å². The maximum atomic E-state index is 13.6. The third-order valence-corrected chi connectivity index (χ3v) is 3.57. The largest absolute Gasteiger partial charge is 0.332 e. The highest BCUT2D eigenvalue weighted by molar-refractivity contribution is 5.58. The van der Waals surface area contributed by atoms with Crippen LogP contribution in [0, 0.1) is 5.95 Å². The SMILES string of the molecule is CC1c2nc(-c3cccnc3F)cn2CCN1C. The maximum absolute atomic E-state index is 13.6. The molecule has 0 amide bonds. The molecular formula is C13H15FN4. The second-order valence-electron chi connectivity index (χ2n) is 4.68. The van der Waals surface area contributed by atoms with Crippen LogP contribution in [0.1, 0.15) is 18.8 Å². The average Bonchev–Trinajstić information content (AvgIpc) is 2.79. The van der Waals surface area contributed by atoms with Gasteiger partial charge in [0, 0.05) is 25.5 Å². The van der Waals surface area contributed by atoms with Crippen molar-refractivity contribution in [3.05, 3.63) is 36.3 Å². The summed E-state index contributed by atoms with van der Waals surface area (Å²) in [4.78, 5) is 10.5. The van der Waals surface area contributed by atoms with Crippen LogP contribution in [0.25, 0.3) is 11.3 Å². The normalized spacial score (nSPS) is 19.8. The highest BCUT2D eigenvalue weighted by Crippen LogP contribution is 2.27. The van der Waals surface area contributed by atoms with E-state index < -0.39 is 5.95 Å². The van der Waals surface area contributed by atoms with Crippen molar-refractivity contribution in [2.75, 3.05) is 13.6 Å². The number of hydrogen-bond donors (Lipinski definition) is 0. The minimum atomic E-state index is -0.464. The van der Waals surface area contributed by atoms with Gasteiger partial charge < -0.3 is 4.57 Å². The molecule has 18 heavy (non-hydrogen) atoms. The van der Waals surface area contributed by atoms with Crippen LogP contribution >= 0.6 is 0 Å². The van der Waals surface area contributed by atoms with Crippen LogP contribution in [-0.2, 0) is 6.54 Å². The molecule has 2 aromatic rings. The minimum absolute atomic E-state index is 0.257. The highest BCUT2D eigenvalue weighted by atomic mass is 19.1. The van der Waals surface area contributed by atoms with Crippen LogP contribution in [0.5, 0.6) is 0 Å². The summed E-state index contributed by atoms with van der Waals surface area (Å²) >= 11 is 0. The Hall–Kier alpha value is -1.75. The van der Waals surface area contributed by atoms with Crippen molar-refractivity contribution in [2.24, 2.45) is 0 Å². The Balaban J connectivity index is 2.07. The van der Waals surface area contributed by atoms with Gasteiger partial charge in [-0.3, -0.25) is 4.90 Å².